The van der Waals surface area contributed by atoms with Crippen LogP contribution in [0.1, 0.15) is 29.2 Å². The number of hydrogen-bond acceptors (Lipinski definition) is 4. The molecule has 22 heavy (non-hydrogen) atoms. The second-order valence-electron chi connectivity index (χ2n) is 5.34. The van der Waals surface area contributed by atoms with E-state index in [4.69, 9.17) is 5.73 Å². The van der Waals surface area contributed by atoms with Gasteiger partial charge in [0, 0.05) is 17.6 Å². The molecule has 0 aliphatic carbocycles. The van der Waals surface area contributed by atoms with E-state index in [1.165, 1.54) is 11.3 Å². The van der Waals surface area contributed by atoms with Crippen LogP contribution in [0.15, 0.2) is 30.3 Å². The van der Waals surface area contributed by atoms with Crippen LogP contribution in [0, 0.1) is 6.92 Å². The molecular weight excluding hydrogens is 341 g/mol. The van der Waals surface area contributed by atoms with Crippen molar-refractivity contribution in [1.82, 2.24) is 10.3 Å². The maximum Gasteiger partial charge on any atom is 0.263 e. The molecule has 1 amide bonds. The van der Waals surface area contributed by atoms with Crippen LogP contribution in [0.2, 0.25) is 0 Å². The van der Waals surface area contributed by atoms with Crippen LogP contribution in [0.25, 0.3) is 10.6 Å². The molecule has 0 saturated heterocycles. The lowest BCUT2D eigenvalue weighted by Crippen LogP contribution is -2.48. The summed E-state index contributed by atoms with van der Waals surface area (Å²) < 4.78 is 0. The van der Waals surface area contributed by atoms with E-state index in [2.05, 4.69) is 10.3 Å². The van der Waals surface area contributed by atoms with Crippen molar-refractivity contribution in [2.75, 3.05) is 6.54 Å². The molecule has 0 aliphatic heterocycles. The Morgan fingerprint density at radius 3 is 2.41 bits per heavy atom. The lowest BCUT2D eigenvalue weighted by molar-refractivity contribution is 0.0919. The molecule has 0 bridgehead atoms. The number of rotatable bonds is 4. The van der Waals surface area contributed by atoms with Gasteiger partial charge in [0.1, 0.15) is 9.88 Å². The summed E-state index contributed by atoms with van der Waals surface area (Å²) >= 11 is 1.41. The van der Waals surface area contributed by atoms with Crippen molar-refractivity contribution in [2.45, 2.75) is 26.3 Å². The molecule has 7 heteroatoms. The maximum atomic E-state index is 12.3. The highest BCUT2D eigenvalue weighted by Gasteiger charge is 2.22. The number of halogens is 2. The summed E-state index contributed by atoms with van der Waals surface area (Å²) in [7, 11) is 0. The standard InChI is InChI=1S/C15H19N3OS.2ClH/c1-10-12(13(19)18-15(2,3)9-16)20-14(17-10)11-7-5-4-6-8-11;;/h4-8H,9,16H2,1-3H3,(H,18,19);2*1H. The SMILES string of the molecule is Cc1nc(-c2ccccc2)sc1C(=O)NC(C)(C)CN.Cl.Cl. The molecule has 0 radical (unpaired) electrons. The summed E-state index contributed by atoms with van der Waals surface area (Å²) in [5.74, 6) is -0.113. The summed E-state index contributed by atoms with van der Waals surface area (Å²) in [5.41, 5.74) is 7.00. The lowest BCUT2D eigenvalue weighted by Gasteiger charge is -2.23. The molecule has 3 N–H and O–H groups in total. The third-order valence-corrected chi connectivity index (χ3v) is 4.19. The van der Waals surface area contributed by atoms with Gasteiger partial charge in [-0.2, -0.15) is 0 Å². The largest absolute Gasteiger partial charge is 0.345 e. The molecule has 1 heterocycles. The number of amides is 1. The number of nitrogens with two attached hydrogens (primary N) is 1. The van der Waals surface area contributed by atoms with E-state index in [9.17, 15) is 4.79 Å². The van der Waals surface area contributed by atoms with Crippen molar-refractivity contribution in [3.63, 3.8) is 0 Å². The van der Waals surface area contributed by atoms with Crippen molar-refractivity contribution in [1.29, 1.82) is 0 Å². The van der Waals surface area contributed by atoms with Crippen LogP contribution in [-0.4, -0.2) is 23.0 Å². The van der Waals surface area contributed by atoms with Gasteiger partial charge in [-0.25, -0.2) is 4.98 Å². The van der Waals surface area contributed by atoms with Gasteiger partial charge in [-0.1, -0.05) is 30.3 Å². The zero-order chi connectivity index (χ0) is 14.8. The van der Waals surface area contributed by atoms with Crippen LogP contribution in [-0.2, 0) is 0 Å². The highest BCUT2D eigenvalue weighted by atomic mass is 35.5. The molecule has 2 rings (SSSR count). The van der Waals surface area contributed by atoms with Gasteiger partial charge in [-0.3, -0.25) is 4.79 Å². The zero-order valence-corrected chi connectivity index (χ0v) is 15.2. The van der Waals surface area contributed by atoms with Crippen molar-refractivity contribution in [2.24, 2.45) is 5.73 Å². The molecular formula is C15H21Cl2N3OS. The first-order valence-electron chi connectivity index (χ1n) is 6.48. The Balaban J connectivity index is 0.00000220. The smallest absolute Gasteiger partial charge is 0.263 e. The zero-order valence-electron chi connectivity index (χ0n) is 12.8. The normalized spacial score (nSPS) is 10.4. The van der Waals surface area contributed by atoms with Crippen molar-refractivity contribution < 1.29 is 4.79 Å². The van der Waals surface area contributed by atoms with Crippen LogP contribution in [0.3, 0.4) is 0 Å². The Morgan fingerprint density at radius 1 is 1.27 bits per heavy atom. The first-order chi connectivity index (χ1) is 9.43. The van der Waals surface area contributed by atoms with Gasteiger partial charge in [0.25, 0.3) is 5.91 Å². The van der Waals surface area contributed by atoms with Crippen molar-refractivity contribution in [3.8, 4) is 10.6 Å². The molecule has 0 unspecified atom stereocenters. The minimum Gasteiger partial charge on any atom is -0.345 e. The van der Waals surface area contributed by atoms with Crippen molar-refractivity contribution >= 4 is 42.1 Å². The third kappa shape index (κ3) is 4.95. The number of thiazole rings is 1. The molecule has 0 fully saturated rings. The quantitative estimate of drug-likeness (QED) is 0.876. The molecule has 122 valence electrons. The number of aromatic nitrogens is 1. The number of nitrogens with one attached hydrogen (secondary N) is 1. The predicted octanol–water partition coefficient (Wildman–Crippen LogP) is 3.43. The van der Waals surface area contributed by atoms with Gasteiger partial charge < -0.3 is 11.1 Å². The third-order valence-electron chi connectivity index (χ3n) is 2.99. The number of benzene rings is 1. The average molecular weight is 362 g/mol. The van der Waals surface area contributed by atoms with Gasteiger partial charge in [0.2, 0.25) is 0 Å². The highest BCUT2D eigenvalue weighted by Crippen LogP contribution is 2.27. The predicted molar refractivity (Wildman–Crippen MR) is 97.4 cm³/mol. The Bertz CT molecular complexity index is 615. The van der Waals surface area contributed by atoms with Crippen LogP contribution >= 0.6 is 36.2 Å². The fourth-order valence-corrected chi connectivity index (χ4v) is 2.69. The van der Waals surface area contributed by atoms with Gasteiger partial charge in [-0.15, -0.1) is 36.2 Å². The number of carbonyl (C=O) groups is 1. The minimum absolute atomic E-state index is 0. The molecule has 0 atom stereocenters. The monoisotopic (exact) mass is 361 g/mol. The van der Waals surface area contributed by atoms with Crippen LogP contribution in [0.4, 0.5) is 0 Å². The summed E-state index contributed by atoms with van der Waals surface area (Å²) in [6.07, 6.45) is 0. The molecule has 1 aromatic carbocycles. The van der Waals surface area contributed by atoms with Gasteiger partial charge in [0.05, 0.1) is 5.69 Å². The Kier molecular flexibility index (Phi) is 8.04. The fraction of sp³-hybridized carbons (Fsp3) is 0.333. The summed E-state index contributed by atoms with van der Waals surface area (Å²) in [6.45, 7) is 6.05. The maximum absolute atomic E-state index is 12.3. The van der Waals surface area contributed by atoms with E-state index in [0.29, 0.717) is 11.4 Å². The van der Waals surface area contributed by atoms with Gasteiger partial charge in [0.15, 0.2) is 0 Å². The average Bonchev–Trinajstić information content (AvgIpc) is 2.81. The number of hydrogen-bond donors (Lipinski definition) is 2. The lowest BCUT2D eigenvalue weighted by atomic mass is 10.1. The summed E-state index contributed by atoms with van der Waals surface area (Å²) in [4.78, 5) is 17.4. The first-order valence-corrected chi connectivity index (χ1v) is 7.30. The van der Waals surface area contributed by atoms with Crippen molar-refractivity contribution in [3.05, 3.63) is 40.9 Å². The Hall–Kier alpha value is -1.14. The van der Waals surface area contributed by atoms with Crippen LogP contribution in [0.5, 0.6) is 0 Å². The number of carbonyl (C=O) groups excluding carboxylic acids is 1. The Morgan fingerprint density at radius 2 is 1.86 bits per heavy atom. The van der Waals surface area contributed by atoms with Crippen LogP contribution < -0.4 is 11.1 Å². The van der Waals surface area contributed by atoms with E-state index in [0.717, 1.165) is 16.3 Å². The van der Waals surface area contributed by atoms with E-state index in [-0.39, 0.29) is 30.7 Å². The second-order valence-corrected chi connectivity index (χ2v) is 6.34. The first kappa shape index (κ1) is 20.9. The molecule has 2 aromatic rings. The highest BCUT2D eigenvalue weighted by molar-refractivity contribution is 7.17. The van der Waals surface area contributed by atoms with Gasteiger partial charge in [-0.05, 0) is 20.8 Å². The molecule has 0 saturated carbocycles. The summed E-state index contributed by atoms with van der Waals surface area (Å²) in [6, 6.07) is 9.86. The molecule has 1 aromatic heterocycles. The molecule has 0 spiro atoms. The second kappa shape index (κ2) is 8.48. The van der Waals surface area contributed by atoms with Gasteiger partial charge >= 0.3 is 0 Å². The van der Waals surface area contributed by atoms with E-state index >= 15 is 0 Å². The summed E-state index contributed by atoms with van der Waals surface area (Å²) in [5, 5.41) is 3.79. The molecule has 0 aliphatic rings. The topological polar surface area (TPSA) is 68.0 Å². The Labute approximate surface area is 147 Å². The number of aryl methyl sites for hydroxylation is 1. The fourth-order valence-electron chi connectivity index (χ4n) is 1.73. The minimum atomic E-state index is -0.416. The molecule has 4 nitrogen and oxygen atoms in total. The van der Waals surface area contributed by atoms with E-state index in [1.54, 1.807) is 0 Å². The van der Waals surface area contributed by atoms with E-state index in [1.807, 2.05) is 51.1 Å². The number of nitrogens with zero attached hydrogens (tertiary/aromatic N) is 1. The van der Waals surface area contributed by atoms with E-state index < -0.39 is 5.54 Å².